The summed E-state index contributed by atoms with van der Waals surface area (Å²) in [5, 5.41) is 10.6. The fraction of sp³-hybridized carbons (Fsp3) is 0.0833. The fourth-order valence-electron chi connectivity index (χ4n) is 1.44. The van der Waals surface area contributed by atoms with Crippen molar-refractivity contribution in [3.63, 3.8) is 0 Å². The van der Waals surface area contributed by atoms with Gasteiger partial charge in [0.05, 0.1) is 4.92 Å². The van der Waals surface area contributed by atoms with Crippen LogP contribution in [-0.2, 0) is 6.54 Å². The Kier molecular flexibility index (Phi) is 3.94. The number of benzene rings is 1. The number of rotatable bonds is 4. The van der Waals surface area contributed by atoms with Crippen LogP contribution in [0.25, 0.3) is 0 Å². The molecule has 0 atom stereocenters. The van der Waals surface area contributed by atoms with Crippen LogP contribution in [0.5, 0.6) is 11.6 Å². The molecule has 2 aromatic rings. The minimum atomic E-state index is -0.572. The SMILES string of the molecule is NCc1cccc(Oc2ncc([N+](=O)[O-])cc2Cl)c1. The third kappa shape index (κ3) is 3.18. The molecule has 2 rings (SSSR count). The molecule has 0 aliphatic heterocycles. The summed E-state index contributed by atoms with van der Waals surface area (Å²) >= 11 is 5.88. The van der Waals surface area contributed by atoms with E-state index in [4.69, 9.17) is 22.1 Å². The highest BCUT2D eigenvalue weighted by Gasteiger charge is 2.12. The summed E-state index contributed by atoms with van der Waals surface area (Å²) in [6.07, 6.45) is 1.09. The maximum Gasteiger partial charge on any atom is 0.289 e. The van der Waals surface area contributed by atoms with E-state index in [-0.39, 0.29) is 16.6 Å². The molecule has 6 nitrogen and oxygen atoms in total. The van der Waals surface area contributed by atoms with E-state index in [1.165, 1.54) is 6.07 Å². The van der Waals surface area contributed by atoms with Crippen molar-refractivity contribution in [2.24, 2.45) is 5.73 Å². The molecule has 0 saturated carbocycles. The molecule has 0 saturated heterocycles. The van der Waals surface area contributed by atoms with Crippen molar-refractivity contribution >= 4 is 17.3 Å². The zero-order chi connectivity index (χ0) is 13.8. The van der Waals surface area contributed by atoms with Gasteiger partial charge >= 0.3 is 0 Å². The monoisotopic (exact) mass is 279 g/mol. The number of aromatic nitrogens is 1. The Balaban J connectivity index is 2.25. The lowest BCUT2D eigenvalue weighted by atomic mass is 10.2. The molecule has 0 unspecified atom stereocenters. The summed E-state index contributed by atoms with van der Waals surface area (Å²) in [6.45, 7) is 0.388. The molecule has 2 N–H and O–H groups in total. The predicted molar refractivity (Wildman–Crippen MR) is 70.3 cm³/mol. The first-order chi connectivity index (χ1) is 9.10. The minimum absolute atomic E-state index is 0.0763. The summed E-state index contributed by atoms with van der Waals surface area (Å²) in [6, 6.07) is 8.31. The van der Waals surface area contributed by atoms with Crippen LogP contribution in [0.1, 0.15) is 5.56 Å². The van der Waals surface area contributed by atoms with E-state index >= 15 is 0 Å². The maximum absolute atomic E-state index is 10.6. The van der Waals surface area contributed by atoms with Gasteiger partial charge in [-0.25, -0.2) is 4.98 Å². The minimum Gasteiger partial charge on any atom is -0.438 e. The molecule has 7 heteroatoms. The third-order valence-electron chi connectivity index (χ3n) is 2.35. The number of nitro groups is 1. The zero-order valence-corrected chi connectivity index (χ0v) is 10.5. The molecular formula is C12H10ClN3O3. The largest absolute Gasteiger partial charge is 0.438 e. The van der Waals surface area contributed by atoms with Gasteiger partial charge in [-0.2, -0.15) is 0 Å². The fourth-order valence-corrected chi connectivity index (χ4v) is 1.64. The standard InChI is InChI=1S/C12H10ClN3O3/c13-11-5-9(16(17)18)7-15-12(11)19-10-3-1-2-8(4-10)6-14/h1-5,7H,6,14H2. The molecule has 0 bridgehead atoms. The Bertz CT molecular complexity index is 619. The number of halogens is 1. The predicted octanol–water partition coefficient (Wildman–Crippen LogP) is 2.89. The first kappa shape index (κ1) is 13.3. The van der Waals surface area contributed by atoms with Crippen molar-refractivity contribution in [3.8, 4) is 11.6 Å². The average molecular weight is 280 g/mol. The lowest BCUT2D eigenvalue weighted by molar-refractivity contribution is -0.385. The van der Waals surface area contributed by atoms with Gasteiger partial charge in [0.2, 0.25) is 5.88 Å². The number of ether oxygens (including phenoxy) is 1. The van der Waals surface area contributed by atoms with Crippen LogP contribution in [0.4, 0.5) is 5.69 Å². The van der Waals surface area contributed by atoms with Gasteiger partial charge in [-0.05, 0) is 17.7 Å². The first-order valence-electron chi connectivity index (χ1n) is 5.37. The molecule has 1 heterocycles. The topological polar surface area (TPSA) is 91.3 Å². The quantitative estimate of drug-likeness (QED) is 0.686. The maximum atomic E-state index is 10.6. The van der Waals surface area contributed by atoms with Gasteiger partial charge in [-0.15, -0.1) is 0 Å². The van der Waals surface area contributed by atoms with Crippen molar-refractivity contribution in [1.82, 2.24) is 4.98 Å². The number of pyridine rings is 1. The highest BCUT2D eigenvalue weighted by molar-refractivity contribution is 6.32. The summed E-state index contributed by atoms with van der Waals surface area (Å²) in [5.41, 5.74) is 6.23. The molecule has 0 aliphatic carbocycles. The molecule has 0 fully saturated rings. The van der Waals surface area contributed by atoms with E-state index in [2.05, 4.69) is 4.98 Å². The van der Waals surface area contributed by atoms with Crippen molar-refractivity contribution in [2.45, 2.75) is 6.54 Å². The highest BCUT2D eigenvalue weighted by Crippen LogP contribution is 2.29. The average Bonchev–Trinajstić information content (AvgIpc) is 2.41. The summed E-state index contributed by atoms with van der Waals surface area (Å²) < 4.78 is 5.47. The van der Waals surface area contributed by atoms with E-state index in [0.29, 0.717) is 12.3 Å². The van der Waals surface area contributed by atoms with E-state index in [1.54, 1.807) is 18.2 Å². The van der Waals surface area contributed by atoms with E-state index in [1.807, 2.05) is 6.07 Å². The van der Waals surface area contributed by atoms with Crippen molar-refractivity contribution < 1.29 is 9.66 Å². The number of nitrogens with two attached hydrogens (primary N) is 1. The Morgan fingerprint density at radius 1 is 1.42 bits per heavy atom. The van der Waals surface area contributed by atoms with Gasteiger partial charge in [0.25, 0.3) is 5.69 Å². The Morgan fingerprint density at radius 2 is 2.21 bits per heavy atom. The van der Waals surface area contributed by atoms with Gasteiger partial charge in [0.15, 0.2) is 0 Å². The van der Waals surface area contributed by atoms with Gasteiger partial charge in [-0.1, -0.05) is 23.7 Å². The normalized spacial score (nSPS) is 10.2. The second-order valence-electron chi connectivity index (χ2n) is 3.69. The smallest absolute Gasteiger partial charge is 0.289 e. The molecule has 0 amide bonds. The molecule has 1 aromatic carbocycles. The molecule has 98 valence electrons. The Morgan fingerprint density at radius 3 is 2.84 bits per heavy atom. The van der Waals surface area contributed by atoms with Crippen molar-refractivity contribution in [3.05, 3.63) is 57.2 Å². The van der Waals surface area contributed by atoms with Crippen LogP contribution in [-0.4, -0.2) is 9.91 Å². The molecule has 0 spiro atoms. The van der Waals surface area contributed by atoms with Crippen LogP contribution < -0.4 is 10.5 Å². The van der Waals surface area contributed by atoms with Crippen LogP contribution in [0.15, 0.2) is 36.5 Å². The molecular weight excluding hydrogens is 270 g/mol. The molecule has 19 heavy (non-hydrogen) atoms. The molecule has 1 aromatic heterocycles. The van der Waals surface area contributed by atoms with Crippen LogP contribution in [0, 0.1) is 10.1 Å². The van der Waals surface area contributed by atoms with Gasteiger partial charge in [0, 0.05) is 12.6 Å². The Hall–Kier alpha value is -2.18. The lowest BCUT2D eigenvalue weighted by Crippen LogP contribution is -1.97. The van der Waals surface area contributed by atoms with Crippen LogP contribution in [0.3, 0.4) is 0 Å². The zero-order valence-electron chi connectivity index (χ0n) is 9.75. The van der Waals surface area contributed by atoms with Crippen molar-refractivity contribution in [1.29, 1.82) is 0 Å². The molecule has 0 radical (unpaired) electrons. The summed E-state index contributed by atoms with van der Waals surface area (Å²) in [4.78, 5) is 13.8. The van der Waals surface area contributed by atoms with E-state index in [9.17, 15) is 10.1 Å². The van der Waals surface area contributed by atoms with E-state index < -0.39 is 4.92 Å². The number of hydrogen-bond acceptors (Lipinski definition) is 5. The third-order valence-corrected chi connectivity index (χ3v) is 2.62. The van der Waals surface area contributed by atoms with Crippen LogP contribution in [0.2, 0.25) is 5.02 Å². The lowest BCUT2D eigenvalue weighted by Gasteiger charge is -2.07. The number of hydrogen-bond donors (Lipinski definition) is 1. The van der Waals surface area contributed by atoms with Gasteiger partial charge in [-0.3, -0.25) is 10.1 Å². The second-order valence-corrected chi connectivity index (χ2v) is 4.10. The molecule has 0 aliphatic rings. The van der Waals surface area contributed by atoms with Crippen molar-refractivity contribution in [2.75, 3.05) is 0 Å². The summed E-state index contributed by atoms with van der Waals surface area (Å²) in [5.74, 6) is 0.632. The second kappa shape index (κ2) is 5.64. The Labute approximate surface area is 113 Å². The first-order valence-corrected chi connectivity index (χ1v) is 5.74. The van der Waals surface area contributed by atoms with Gasteiger partial charge < -0.3 is 10.5 Å². The van der Waals surface area contributed by atoms with E-state index in [0.717, 1.165) is 11.8 Å². The number of nitrogens with zero attached hydrogens (tertiary/aromatic N) is 2. The van der Waals surface area contributed by atoms with Crippen LogP contribution >= 0.6 is 11.6 Å². The van der Waals surface area contributed by atoms with Gasteiger partial charge in [0.1, 0.15) is 17.0 Å². The summed E-state index contributed by atoms with van der Waals surface area (Å²) in [7, 11) is 0. The highest BCUT2D eigenvalue weighted by atomic mass is 35.5.